The van der Waals surface area contributed by atoms with Crippen LogP contribution in [0.2, 0.25) is 5.02 Å². The summed E-state index contributed by atoms with van der Waals surface area (Å²) in [5.74, 6) is -1.19. The quantitative estimate of drug-likeness (QED) is 0.421. The van der Waals surface area contributed by atoms with E-state index < -0.39 is 17.7 Å². The number of aliphatic hydroxyl groups excluding tert-OH is 1. The number of carbonyl (C=O) groups excluding carboxylic acids is 2. The molecule has 2 aromatic rings. The second-order valence-electron chi connectivity index (χ2n) is 7.09. The molecule has 3 rings (SSSR count). The van der Waals surface area contributed by atoms with Gasteiger partial charge in [-0.05, 0) is 29.8 Å². The molecular formula is C21H23ClN3O4+. The van der Waals surface area contributed by atoms with Gasteiger partial charge in [0.05, 0.1) is 50.9 Å². The molecule has 8 heteroatoms. The zero-order chi connectivity index (χ0) is 21.1. The third kappa shape index (κ3) is 4.11. The molecule has 1 atom stereocenters. The van der Waals surface area contributed by atoms with Gasteiger partial charge in [0, 0.05) is 18.0 Å². The molecule has 1 aromatic heterocycles. The van der Waals surface area contributed by atoms with Crippen molar-refractivity contribution >= 4 is 29.1 Å². The van der Waals surface area contributed by atoms with E-state index in [1.807, 2.05) is 14.1 Å². The van der Waals surface area contributed by atoms with Gasteiger partial charge in [0.15, 0.2) is 0 Å². The second-order valence-corrected chi connectivity index (χ2v) is 7.49. The van der Waals surface area contributed by atoms with Gasteiger partial charge in [-0.15, -0.1) is 0 Å². The number of carbonyl (C=O) groups is 2. The van der Waals surface area contributed by atoms with Crippen LogP contribution in [0.4, 0.5) is 0 Å². The number of hydrogen-bond donors (Lipinski definition) is 2. The summed E-state index contributed by atoms with van der Waals surface area (Å²) in [7, 11) is 5.42. The fraction of sp³-hybridized carbons (Fsp3) is 0.286. The van der Waals surface area contributed by atoms with Crippen molar-refractivity contribution in [1.82, 2.24) is 9.88 Å². The highest BCUT2D eigenvalue weighted by molar-refractivity contribution is 6.46. The first-order valence-corrected chi connectivity index (χ1v) is 9.54. The van der Waals surface area contributed by atoms with Crippen molar-refractivity contribution in [1.29, 1.82) is 0 Å². The summed E-state index contributed by atoms with van der Waals surface area (Å²) >= 11 is 6.18. The summed E-state index contributed by atoms with van der Waals surface area (Å²) in [5, 5.41) is 11.3. The average Bonchev–Trinajstić information content (AvgIpc) is 2.97. The molecule has 1 aromatic carbocycles. The van der Waals surface area contributed by atoms with Crippen LogP contribution in [0.5, 0.6) is 5.75 Å². The molecular weight excluding hydrogens is 394 g/mol. The van der Waals surface area contributed by atoms with E-state index in [9.17, 15) is 14.7 Å². The van der Waals surface area contributed by atoms with Gasteiger partial charge >= 0.3 is 0 Å². The first-order valence-electron chi connectivity index (χ1n) is 9.16. The Balaban J connectivity index is 2.13. The highest BCUT2D eigenvalue weighted by Gasteiger charge is 2.46. The number of aromatic nitrogens is 1. The number of nitrogens with one attached hydrogen (secondary N) is 1. The van der Waals surface area contributed by atoms with Gasteiger partial charge in [0.2, 0.25) is 0 Å². The van der Waals surface area contributed by atoms with Crippen LogP contribution < -0.4 is 9.64 Å². The Morgan fingerprint density at radius 1 is 1.31 bits per heavy atom. The van der Waals surface area contributed by atoms with Gasteiger partial charge in [-0.2, -0.15) is 0 Å². The van der Waals surface area contributed by atoms with Crippen molar-refractivity contribution in [2.75, 3.05) is 34.3 Å². The number of quaternary nitrogens is 1. The molecule has 2 N–H and O–H groups in total. The normalized spacial score (nSPS) is 18.5. The Labute approximate surface area is 174 Å². The van der Waals surface area contributed by atoms with Gasteiger partial charge < -0.3 is 19.6 Å². The summed E-state index contributed by atoms with van der Waals surface area (Å²) in [6.07, 6.45) is 3.21. The van der Waals surface area contributed by atoms with Crippen LogP contribution in [0, 0.1) is 0 Å². The predicted octanol–water partition coefficient (Wildman–Crippen LogP) is 1.31. The topological polar surface area (TPSA) is 84.2 Å². The van der Waals surface area contributed by atoms with E-state index in [0.29, 0.717) is 35.0 Å². The van der Waals surface area contributed by atoms with Gasteiger partial charge in [-0.25, -0.2) is 0 Å². The smallest absolute Gasteiger partial charge is 0.295 e. The first kappa shape index (κ1) is 20.8. The monoisotopic (exact) mass is 416 g/mol. The van der Waals surface area contributed by atoms with E-state index in [4.69, 9.17) is 16.3 Å². The Morgan fingerprint density at radius 2 is 2.07 bits per heavy atom. The van der Waals surface area contributed by atoms with Crippen LogP contribution in [0.3, 0.4) is 0 Å². The van der Waals surface area contributed by atoms with E-state index in [0.717, 1.165) is 4.90 Å². The zero-order valence-electron chi connectivity index (χ0n) is 16.5. The van der Waals surface area contributed by atoms with E-state index in [2.05, 4.69) is 4.98 Å². The number of amides is 1. The summed E-state index contributed by atoms with van der Waals surface area (Å²) in [4.78, 5) is 32.4. The highest BCUT2D eigenvalue weighted by Crippen LogP contribution is 2.39. The number of pyridine rings is 1. The predicted molar refractivity (Wildman–Crippen MR) is 109 cm³/mol. The minimum atomic E-state index is -0.725. The molecule has 1 saturated heterocycles. The van der Waals surface area contributed by atoms with Crippen LogP contribution in [0.15, 0.2) is 48.3 Å². The van der Waals surface area contributed by atoms with Gasteiger partial charge in [-0.1, -0.05) is 17.7 Å². The van der Waals surface area contributed by atoms with Crippen LogP contribution in [0.1, 0.15) is 17.2 Å². The maximum Gasteiger partial charge on any atom is 0.295 e. The van der Waals surface area contributed by atoms with E-state index in [-0.39, 0.29) is 11.3 Å². The van der Waals surface area contributed by atoms with Gasteiger partial charge in [-0.3, -0.25) is 14.6 Å². The molecule has 0 unspecified atom stereocenters. The van der Waals surface area contributed by atoms with Crippen molar-refractivity contribution in [3.05, 3.63) is 64.4 Å². The van der Waals surface area contributed by atoms with Crippen molar-refractivity contribution in [2.24, 2.45) is 0 Å². The number of likely N-dealkylation sites (tertiary alicyclic amines) is 1. The lowest BCUT2D eigenvalue weighted by Crippen LogP contribution is -3.06. The first-order chi connectivity index (χ1) is 13.8. The van der Waals surface area contributed by atoms with Gasteiger partial charge in [0.1, 0.15) is 11.5 Å². The fourth-order valence-electron chi connectivity index (χ4n) is 3.31. The number of halogens is 1. The summed E-state index contributed by atoms with van der Waals surface area (Å²) in [5.41, 5.74) is 1.01. The molecule has 1 aliphatic rings. The van der Waals surface area contributed by atoms with Crippen molar-refractivity contribution in [2.45, 2.75) is 6.04 Å². The molecule has 1 aliphatic heterocycles. The number of hydrogen-bond acceptors (Lipinski definition) is 5. The van der Waals surface area contributed by atoms with E-state index in [1.54, 1.807) is 36.7 Å². The molecule has 0 spiro atoms. The number of likely N-dealkylation sites (N-methyl/N-ethyl adjacent to an activating group) is 1. The number of rotatable bonds is 6. The Bertz CT molecular complexity index is 960. The molecule has 0 aliphatic carbocycles. The van der Waals surface area contributed by atoms with E-state index >= 15 is 0 Å². The highest BCUT2D eigenvalue weighted by atomic mass is 35.5. The molecule has 2 heterocycles. The number of benzene rings is 1. The van der Waals surface area contributed by atoms with E-state index in [1.165, 1.54) is 18.1 Å². The molecule has 7 nitrogen and oxygen atoms in total. The lowest BCUT2D eigenvalue weighted by molar-refractivity contribution is -0.857. The minimum absolute atomic E-state index is 0.0259. The number of methoxy groups -OCH3 is 1. The summed E-state index contributed by atoms with van der Waals surface area (Å²) in [6.45, 7) is 1.02. The van der Waals surface area contributed by atoms with Crippen LogP contribution in [0.25, 0.3) is 5.76 Å². The minimum Gasteiger partial charge on any atom is -0.507 e. The number of aliphatic hydroxyl groups is 1. The standard InChI is InChI=1S/C21H22ClN3O4/c1-24(2)9-10-25-18(14-5-4-8-23-12-14)17(20(27)21(25)28)19(26)13-6-7-16(29-3)15(22)11-13/h4-8,11-12,18,26H,9-10H2,1-3H3/p+1/t18-/m0/s1. The third-order valence-corrected chi connectivity index (χ3v) is 5.11. The number of nitrogens with zero attached hydrogens (tertiary/aromatic N) is 2. The zero-order valence-corrected chi connectivity index (χ0v) is 17.2. The maximum absolute atomic E-state index is 12.9. The van der Waals surface area contributed by atoms with Crippen LogP contribution >= 0.6 is 11.6 Å². The van der Waals surface area contributed by atoms with Crippen LogP contribution in [-0.4, -0.2) is 61.0 Å². The third-order valence-electron chi connectivity index (χ3n) is 4.82. The molecule has 1 fully saturated rings. The van der Waals surface area contributed by atoms with Crippen molar-refractivity contribution < 1.29 is 24.3 Å². The summed E-state index contributed by atoms with van der Waals surface area (Å²) < 4.78 is 5.14. The largest absolute Gasteiger partial charge is 0.507 e. The van der Waals surface area contributed by atoms with Crippen LogP contribution in [-0.2, 0) is 9.59 Å². The van der Waals surface area contributed by atoms with Crippen molar-refractivity contribution in [3.63, 3.8) is 0 Å². The number of ether oxygens (including phenoxy) is 1. The lowest BCUT2D eigenvalue weighted by Gasteiger charge is -2.25. The van der Waals surface area contributed by atoms with Gasteiger partial charge in [0.25, 0.3) is 11.7 Å². The molecule has 152 valence electrons. The fourth-order valence-corrected chi connectivity index (χ4v) is 3.57. The lowest BCUT2D eigenvalue weighted by atomic mass is 9.96. The molecule has 29 heavy (non-hydrogen) atoms. The molecule has 1 amide bonds. The SMILES string of the molecule is COc1ccc(C(O)=C2C(=O)C(=O)N(CC[NH+](C)C)[C@H]2c2cccnc2)cc1Cl. The Morgan fingerprint density at radius 3 is 2.66 bits per heavy atom. The number of Topliss-reactive ketones (excluding diaryl/α,β-unsaturated/α-hetero) is 1. The number of ketones is 1. The molecule has 0 radical (unpaired) electrons. The Kier molecular flexibility index (Phi) is 6.20. The maximum atomic E-state index is 12.9. The second kappa shape index (κ2) is 8.63. The Hall–Kier alpha value is -2.90. The molecule has 0 bridgehead atoms. The molecule has 0 saturated carbocycles. The van der Waals surface area contributed by atoms with Crippen molar-refractivity contribution in [3.8, 4) is 5.75 Å². The average molecular weight is 417 g/mol. The summed E-state index contributed by atoms with van der Waals surface area (Å²) in [6, 6.07) is 7.50.